The van der Waals surface area contributed by atoms with E-state index in [1.165, 1.54) is 6.26 Å². The Kier molecular flexibility index (Phi) is 4.64. The molecule has 2 atom stereocenters. The third-order valence-corrected chi connectivity index (χ3v) is 4.59. The van der Waals surface area contributed by atoms with Gasteiger partial charge in [0.05, 0.1) is 5.25 Å². The highest BCUT2D eigenvalue weighted by molar-refractivity contribution is 7.91. The van der Waals surface area contributed by atoms with Crippen molar-refractivity contribution in [2.75, 3.05) is 6.26 Å². The molecule has 1 saturated carbocycles. The Bertz CT molecular complexity index is 397. The molecular formula is C12H23NO4S. The molecule has 0 radical (unpaired) electrons. The summed E-state index contributed by atoms with van der Waals surface area (Å²) in [6.45, 7) is 5.40. The molecule has 0 spiro atoms. The number of rotatable bonds is 2. The van der Waals surface area contributed by atoms with E-state index in [2.05, 4.69) is 5.32 Å². The second-order valence-corrected chi connectivity index (χ2v) is 8.29. The standard InChI is InChI=1S/C12H23NO4S/c1-12(2,3)17-11(14)13-9-6-5-7-10(8-9)18(4,15)16/h9-10H,5-8H2,1-4H3,(H,13,14)/t9-,10-/m0/s1. The van der Waals surface area contributed by atoms with E-state index in [4.69, 9.17) is 4.74 Å². The van der Waals surface area contributed by atoms with Crippen LogP contribution in [0.25, 0.3) is 0 Å². The van der Waals surface area contributed by atoms with Crippen molar-refractivity contribution in [1.29, 1.82) is 0 Å². The van der Waals surface area contributed by atoms with Crippen molar-refractivity contribution >= 4 is 15.9 Å². The van der Waals surface area contributed by atoms with Crippen molar-refractivity contribution in [2.45, 2.75) is 63.3 Å². The highest BCUT2D eigenvalue weighted by Gasteiger charge is 2.30. The van der Waals surface area contributed by atoms with Gasteiger partial charge in [-0.15, -0.1) is 0 Å². The molecule has 0 aromatic rings. The maximum absolute atomic E-state index is 11.6. The van der Waals surface area contributed by atoms with E-state index >= 15 is 0 Å². The fourth-order valence-electron chi connectivity index (χ4n) is 2.14. The lowest BCUT2D eigenvalue weighted by atomic mass is 9.95. The van der Waals surface area contributed by atoms with Gasteiger partial charge in [-0.25, -0.2) is 13.2 Å². The highest BCUT2D eigenvalue weighted by Crippen LogP contribution is 2.24. The number of amides is 1. The van der Waals surface area contributed by atoms with Gasteiger partial charge in [0.25, 0.3) is 0 Å². The third-order valence-electron chi connectivity index (χ3n) is 2.95. The second-order valence-electron chi connectivity index (χ2n) is 5.96. The van der Waals surface area contributed by atoms with E-state index in [1.54, 1.807) is 20.8 Å². The lowest BCUT2D eigenvalue weighted by Gasteiger charge is -2.29. The largest absolute Gasteiger partial charge is 0.444 e. The number of carbonyl (C=O) groups is 1. The van der Waals surface area contributed by atoms with Gasteiger partial charge in [0.2, 0.25) is 0 Å². The predicted octanol–water partition coefficient (Wildman–Crippen LogP) is 1.87. The first-order valence-electron chi connectivity index (χ1n) is 6.26. The van der Waals surface area contributed by atoms with Gasteiger partial charge in [0.15, 0.2) is 0 Å². The molecule has 1 amide bonds. The Hall–Kier alpha value is -0.780. The van der Waals surface area contributed by atoms with Gasteiger partial charge in [-0.05, 0) is 40.0 Å². The average Bonchev–Trinajstić information content (AvgIpc) is 2.13. The molecule has 0 aromatic heterocycles. The topological polar surface area (TPSA) is 72.5 Å². The monoisotopic (exact) mass is 277 g/mol. The molecular weight excluding hydrogens is 254 g/mol. The van der Waals surface area contributed by atoms with Gasteiger partial charge >= 0.3 is 6.09 Å². The van der Waals surface area contributed by atoms with Gasteiger partial charge < -0.3 is 10.1 Å². The molecule has 106 valence electrons. The molecule has 1 N–H and O–H groups in total. The van der Waals surface area contributed by atoms with Crippen LogP contribution in [0.1, 0.15) is 46.5 Å². The third kappa shape index (κ3) is 5.25. The average molecular weight is 277 g/mol. The van der Waals surface area contributed by atoms with Crippen LogP contribution in [0.3, 0.4) is 0 Å². The summed E-state index contributed by atoms with van der Waals surface area (Å²) in [4.78, 5) is 11.6. The minimum Gasteiger partial charge on any atom is -0.444 e. The molecule has 6 heteroatoms. The zero-order chi connectivity index (χ0) is 14.0. The lowest BCUT2D eigenvalue weighted by Crippen LogP contribution is -2.43. The first kappa shape index (κ1) is 15.3. The number of carbonyl (C=O) groups excluding carboxylic acids is 1. The van der Waals surface area contributed by atoms with Gasteiger partial charge in [0.1, 0.15) is 15.4 Å². The number of ether oxygens (including phenoxy) is 1. The maximum atomic E-state index is 11.6. The molecule has 0 unspecified atom stereocenters. The SMILES string of the molecule is CC(C)(C)OC(=O)N[C@H]1CCC[C@H](S(C)(=O)=O)C1. The minimum absolute atomic E-state index is 0.103. The van der Waals surface area contributed by atoms with Crippen LogP contribution in [0.15, 0.2) is 0 Å². The van der Waals surface area contributed by atoms with E-state index in [1.807, 2.05) is 0 Å². The minimum atomic E-state index is -3.02. The Morgan fingerprint density at radius 2 is 1.89 bits per heavy atom. The number of alkyl carbamates (subject to hydrolysis) is 1. The van der Waals surface area contributed by atoms with Crippen LogP contribution in [0.2, 0.25) is 0 Å². The number of sulfone groups is 1. The highest BCUT2D eigenvalue weighted by atomic mass is 32.2. The fourth-order valence-corrected chi connectivity index (χ4v) is 3.32. The lowest BCUT2D eigenvalue weighted by molar-refractivity contribution is 0.0493. The zero-order valence-electron chi connectivity index (χ0n) is 11.5. The second kappa shape index (κ2) is 5.47. The molecule has 0 saturated heterocycles. The maximum Gasteiger partial charge on any atom is 0.407 e. The summed E-state index contributed by atoms with van der Waals surface area (Å²) in [5.74, 6) is 0. The Labute approximate surface area is 109 Å². The van der Waals surface area contributed by atoms with E-state index in [0.29, 0.717) is 12.8 Å². The number of hydrogen-bond acceptors (Lipinski definition) is 4. The Balaban J connectivity index is 2.51. The normalized spacial score (nSPS) is 25.6. The van der Waals surface area contributed by atoms with Crippen LogP contribution >= 0.6 is 0 Å². The molecule has 1 fully saturated rings. The van der Waals surface area contributed by atoms with Crippen molar-refractivity contribution in [3.63, 3.8) is 0 Å². The molecule has 0 aliphatic heterocycles. The molecule has 5 nitrogen and oxygen atoms in total. The summed E-state index contributed by atoms with van der Waals surface area (Å²) in [7, 11) is -3.02. The Morgan fingerprint density at radius 3 is 2.39 bits per heavy atom. The predicted molar refractivity (Wildman–Crippen MR) is 70.3 cm³/mol. The smallest absolute Gasteiger partial charge is 0.407 e. The molecule has 0 bridgehead atoms. The van der Waals surface area contributed by atoms with Crippen LogP contribution in [0.4, 0.5) is 4.79 Å². The first-order valence-corrected chi connectivity index (χ1v) is 8.22. The van der Waals surface area contributed by atoms with E-state index in [0.717, 1.165) is 12.8 Å². The van der Waals surface area contributed by atoms with Crippen LogP contribution in [0, 0.1) is 0 Å². The van der Waals surface area contributed by atoms with Crippen LogP contribution in [0.5, 0.6) is 0 Å². The van der Waals surface area contributed by atoms with E-state index in [-0.39, 0.29) is 11.3 Å². The van der Waals surface area contributed by atoms with Crippen LogP contribution in [-0.2, 0) is 14.6 Å². The molecule has 1 aliphatic rings. The van der Waals surface area contributed by atoms with Crippen molar-refractivity contribution in [3.8, 4) is 0 Å². The van der Waals surface area contributed by atoms with Crippen molar-refractivity contribution in [3.05, 3.63) is 0 Å². The van der Waals surface area contributed by atoms with Gasteiger partial charge in [-0.3, -0.25) is 0 Å². The summed E-state index contributed by atoms with van der Waals surface area (Å²) < 4.78 is 28.2. The molecule has 18 heavy (non-hydrogen) atoms. The van der Waals surface area contributed by atoms with Crippen molar-refractivity contribution < 1.29 is 17.9 Å². The molecule has 0 aromatic carbocycles. The summed E-state index contributed by atoms with van der Waals surface area (Å²) >= 11 is 0. The molecule has 1 aliphatic carbocycles. The quantitative estimate of drug-likeness (QED) is 0.836. The number of hydrogen-bond donors (Lipinski definition) is 1. The van der Waals surface area contributed by atoms with Crippen LogP contribution in [-0.4, -0.2) is 37.7 Å². The fraction of sp³-hybridized carbons (Fsp3) is 0.917. The molecule has 1 rings (SSSR count). The summed E-state index contributed by atoms with van der Waals surface area (Å²) in [5, 5.41) is 2.41. The van der Waals surface area contributed by atoms with E-state index in [9.17, 15) is 13.2 Å². The van der Waals surface area contributed by atoms with E-state index < -0.39 is 21.5 Å². The van der Waals surface area contributed by atoms with Gasteiger partial charge in [-0.2, -0.15) is 0 Å². The zero-order valence-corrected chi connectivity index (χ0v) is 12.3. The summed E-state index contributed by atoms with van der Waals surface area (Å²) in [5.41, 5.74) is -0.533. The van der Waals surface area contributed by atoms with Crippen LogP contribution < -0.4 is 5.32 Å². The van der Waals surface area contributed by atoms with Crippen molar-refractivity contribution in [1.82, 2.24) is 5.32 Å². The summed E-state index contributed by atoms with van der Waals surface area (Å²) in [6, 6.07) is -0.103. The van der Waals surface area contributed by atoms with Crippen molar-refractivity contribution in [2.24, 2.45) is 0 Å². The summed E-state index contributed by atoms with van der Waals surface area (Å²) in [6.07, 6.45) is 3.59. The first-order chi connectivity index (χ1) is 8.08. The molecule has 0 heterocycles. The van der Waals surface area contributed by atoms with Gasteiger partial charge in [-0.1, -0.05) is 6.42 Å². The number of nitrogens with one attached hydrogen (secondary N) is 1. The Morgan fingerprint density at radius 1 is 1.28 bits per heavy atom. The van der Waals surface area contributed by atoms with Gasteiger partial charge in [0, 0.05) is 12.3 Å².